The molecule has 54 valence electrons. The van der Waals surface area contributed by atoms with Gasteiger partial charge in [0.25, 0.3) is 5.17 Å². The van der Waals surface area contributed by atoms with Crippen LogP contribution in [0.4, 0.5) is 0 Å². The van der Waals surface area contributed by atoms with E-state index in [1.807, 2.05) is 6.92 Å². The summed E-state index contributed by atoms with van der Waals surface area (Å²) in [6.45, 7) is 3.75. The summed E-state index contributed by atoms with van der Waals surface area (Å²) in [6, 6.07) is 0. The maximum absolute atomic E-state index is 5.20. The number of rotatable bonds is 3. The summed E-state index contributed by atoms with van der Waals surface area (Å²) in [5, 5.41) is 3.25. The Labute approximate surface area is 60.6 Å². The summed E-state index contributed by atoms with van der Waals surface area (Å²) in [7, 11) is 0. The van der Waals surface area contributed by atoms with Crippen molar-refractivity contribution in [1.82, 2.24) is 5.32 Å². The molecule has 0 aromatic heterocycles. The molecule has 0 bridgehead atoms. The number of nitrogens with two attached hydrogens (primary N) is 1. The average molecular weight is 148 g/mol. The topological polar surface area (TPSA) is 47.3 Å². The van der Waals surface area contributed by atoms with Gasteiger partial charge in [-0.3, -0.25) is 0 Å². The lowest BCUT2D eigenvalue weighted by atomic mass is 10.7. The molecule has 0 aliphatic heterocycles. The fourth-order valence-corrected chi connectivity index (χ4v) is 0.576. The van der Waals surface area contributed by atoms with Gasteiger partial charge >= 0.3 is 0 Å². The zero-order chi connectivity index (χ0) is 7.11. The molecule has 0 aliphatic carbocycles. The van der Waals surface area contributed by atoms with E-state index < -0.39 is 0 Å². The Morgan fingerprint density at radius 1 is 1.78 bits per heavy atom. The van der Waals surface area contributed by atoms with Crippen molar-refractivity contribution in [2.45, 2.75) is 6.92 Å². The van der Waals surface area contributed by atoms with Gasteiger partial charge in [-0.05, 0) is 19.1 Å². The lowest BCUT2D eigenvalue weighted by Crippen LogP contribution is -2.29. The van der Waals surface area contributed by atoms with Gasteiger partial charge in [0, 0.05) is 13.1 Å². The third kappa shape index (κ3) is 5.52. The molecule has 9 heavy (non-hydrogen) atoms. The molecule has 0 aliphatic rings. The molecule has 0 spiro atoms. The van der Waals surface area contributed by atoms with Gasteiger partial charge in [-0.25, -0.2) is 0 Å². The van der Waals surface area contributed by atoms with Gasteiger partial charge in [0.05, 0.1) is 6.61 Å². The molecule has 3 N–H and O–H groups in total. The third-order valence-corrected chi connectivity index (χ3v) is 0.951. The molecular weight excluding hydrogens is 136 g/mol. The minimum Gasteiger partial charge on any atom is -0.471 e. The third-order valence-electron chi connectivity index (χ3n) is 0.689. The highest BCUT2D eigenvalue weighted by atomic mass is 32.1. The van der Waals surface area contributed by atoms with Crippen LogP contribution in [-0.4, -0.2) is 24.9 Å². The average Bonchev–Trinajstić information content (AvgIpc) is 1.85. The smallest absolute Gasteiger partial charge is 0.256 e. The highest BCUT2D eigenvalue weighted by Crippen LogP contribution is 1.74. The second kappa shape index (κ2) is 5.78. The number of hydrogen-bond acceptors (Lipinski definition) is 3. The number of nitrogens with one attached hydrogen (secondary N) is 1. The molecule has 0 saturated heterocycles. The van der Waals surface area contributed by atoms with Crippen molar-refractivity contribution in [3.05, 3.63) is 0 Å². The van der Waals surface area contributed by atoms with Crippen LogP contribution in [0.3, 0.4) is 0 Å². The van der Waals surface area contributed by atoms with Crippen LogP contribution in [0.5, 0.6) is 0 Å². The van der Waals surface area contributed by atoms with E-state index in [1.165, 1.54) is 0 Å². The molecular formula is C5H12N2OS. The van der Waals surface area contributed by atoms with Crippen LogP contribution in [0, 0.1) is 0 Å². The van der Waals surface area contributed by atoms with Gasteiger partial charge < -0.3 is 15.8 Å². The second-order valence-corrected chi connectivity index (χ2v) is 1.81. The molecule has 0 atom stereocenters. The van der Waals surface area contributed by atoms with Gasteiger partial charge in [0.2, 0.25) is 0 Å². The summed E-state index contributed by atoms with van der Waals surface area (Å²) >= 11 is 4.73. The van der Waals surface area contributed by atoms with Gasteiger partial charge in [-0.15, -0.1) is 0 Å². The van der Waals surface area contributed by atoms with Crippen LogP contribution in [0.1, 0.15) is 6.92 Å². The Balaban J connectivity index is 3.06. The van der Waals surface area contributed by atoms with Gasteiger partial charge in [-0.2, -0.15) is 0 Å². The van der Waals surface area contributed by atoms with Crippen LogP contribution in [0.2, 0.25) is 0 Å². The monoisotopic (exact) mass is 148 g/mol. The Morgan fingerprint density at radius 3 is 2.89 bits per heavy atom. The minimum absolute atomic E-state index is 0.433. The van der Waals surface area contributed by atoms with Crippen LogP contribution in [0.25, 0.3) is 0 Å². The molecule has 0 radical (unpaired) electrons. The summed E-state index contributed by atoms with van der Waals surface area (Å²) < 4.78 is 4.91. The minimum atomic E-state index is 0.433. The molecule has 0 aromatic carbocycles. The van der Waals surface area contributed by atoms with Gasteiger partial charge in [0.15, 0.2) is 0 Å². The lowest BCUT2D eigenvalue weighted by molar-refractivity contribution is 0.321. The van der Waals surface area contributed by atoms with E-state index >= 15 is 0 Å². The fourth-order valence-electron chi connectivity index (χ4n) is 0.356. The Hall–Kier alpha value is -0.350. The zero-order valence-corrected chi connectivity index (χ0v) is 6.33. The largest absolute Gasteiger partial charge is 0.471 e. The molecule has 0 heterocycles. The number of ether oxygens (including phenoxy) is 1. The standard InChI is InChI=1S/C5H12N2OS/c1-2-8-5(9)7-4-3-6/h2-4,6H2,1H3,(H,7,9). The van der Waals surface area contributed by atoms with Crippen molar-refractivity contribution in [1.29, 1.82) is 0 Å². The predicted molar refractivity (Wildman–Crippen MR) is 41.3 cm³/mol. The van der Waals surface area contributed by atoms with E-state index in [2.05, 4.69) is 5.32 Å². The first kappa shape index (κ1) is 8.65. The Morgan fingerprint density at radius 2 is 2.44 bits per heavy atom. The van der Waals surface area contributed by atoms with E-state index in [-0.39, 0.29) is 0 Å². The van der Waals surface area contributed by atoms with Crippen molar-refractivity contribution in [3.8, 4) is 0 Å². The highest BCUT2D eigenvalue weighted by molar-refractivity contribution is 7.80. The van der Waals surface area contributed by atoms with Crippen molar-refractivity contribution in [2.24, 2.45) is 5.73 Å². The van der Waals surface area contributed by atoms with Crippen molar-refractivity contribution < 1.29 is 4.74 Å². The van der Waals surface area contributed by atoms with Crippen molar-refractivity contribution in [2.75, 3.05) is 19.7 Å². The molecule has 0 amide bonds. The van der Waals surface area contributed by atoms with Crippen LogP contribution < -0.4 is 11.1 Å². The van der Waals surface area contributed by atoms with E-state index in [9.17, 15) is 0 Å². The van der Waals surface area contributed by atoms with E-state index in [4.69, 9.17) is 22.7 Å². The first-order chi connectivity index (χ1) is 4.31. The van der Waals surface area contributed by atoms with Gasteiger partial charge in [0.1, 0.15) is 0 Å². The van der Waals surface area contributed by atoms with Crippen LogP contribution >= 0.6 is 12.2 Å². The predicted octanol–water partition coefficient (Wildman–Crippen LogP) is -0.144. The van der Waals surface area contributed by atoms with Gasteiger partial charge in [-0.1, -0.05) is 0 Å². The Kier molecular flexibility index (Phi) is 5.56. The molecule has 0 fully saturated rings. The van der Waals surface area contributed by atoms with E-state index in [0.717, 1.165) is 0 Å². The summed E-state index contributed by atoms with van der Waals surface area (Å²) in [4.78, 5) is 0. The number of thiocarbonyl (C=S) groups is 1. The summed E-state index contributed by atoms with van der Waals surface area (Å²) in [5.74, 6) is 0. The SMILES string of the molecule is CCOC(=S)NCCN. The van der Waals surface area contributed by atoms with Crippen molar-refractivity contribution >= 4 is 17.4 Å². The van der Waals surface area contributed by atoms with Crippen molar-refractivity contribution in [3.63, 3.8) is 0 Å². The second-order valence-electron chi connectivity index (χ2n) is 1.44. The van der Waals surface area contributed by atoms with Crippen LogP contribution in [0.15, 0.2) is 0 Å². The first-order valence-electron chi connectivity index (χ1n) is 2.92. The first-order valence-corrected chi connectivity index (χ1v) is 3.32. The van der Waals surface area contributed by atoms with E-state index in [0.29, 0.717) is 24.9 Å². The molecule has 3 nitrogen and oxygen atoms in total. The summed E-state index contributed by atoms with van der Waals surface area (Å²) in [6.07, 6.45) is 0. The molecule has 0 aromatic rings. The zero-order valence-electron chi connectivity index (χ0n) is 5.52. The quantitative estimate of drug-likeness (QED) is 0.547. The maximum Gasteiger partial charge on any atom is 0.256 e. The molecule has 0 unspecified atom stereocenters. The molecule has 4 heteroatoms. The maximum atomic E-state index is 5.20. The molecule has 0 saturated carbocycles. The lowest BCUT2D eigenvalue weighted by Gasteiger charge is -2.04. The Bertz CT molecular complexity index is 87.0. The number of hydrogen-bond donors (Lipinski definition) is 2. The fraction of sp³-hybridized carbons (Fsp3) is 0.800. The normalized spacial score (nSPS) is 8.67. The van der Waals surface area contributed by atoms with Crippen LogP contribution in [-0.2, 0) is 4.74 Å². The van der Waals surface area contributed by atoms with E-state index in [1.54, 1.807) is 0 Å². The highest BCUT2D eigenvalue weighted by Gasteiger charge is 1.89. The summed E-state index contributed by atoms with van der Waals surface area (Å²) in [5.41, 5.74) is 5.20. The molecule has 0 rings (SSSR count).